The van der Waals surface area contributed by atoms with E-state index in [1.165, 1.54) is 44.9 Å². The monoisotopic (exact) mass is 306 g/mol. The maximum Gasteiger partial charge on any atom is 0.283 e. The molecule has 0 aliphatic heterocycles. The van der Waals surface area contributed by atoms with Crippen molar-refractivity contribution in [2.75, 3.05) is 0 Å². The van der Waals surface area contributed by atoms with Gasteiger partial charge in [0.15, 0.2) is 0 Å². The molecule has 0 amide bonds. The molecule has 5 heteroatoms. The lowest BCUT2D eigenvalue weighted by molar-refractivity contribution is 0.466. The lowest BCUT2D eigenvalue weighted by atomic mass is 10.0. The molecule has 0 atom stereocenters. The molecule has 1 aromatic rings. The van der Waals surface area contributed by atoms with Gasteiger partial charge in [0.2, 0.25) is 0 Å². The molecule has 5 nitrogen and oxygen atoms in total. The first-order valence-corrected chi connectivity index (χ1v) is 7.51. The maximum atomic E-state index is 9.58. The predicted molar refractivity (Wildman–Crippen MR) is 84.9 cm³/mol. The number of aryl methyl sites for hydroxylation is 1. The summed E-state index contributed by atoms with van der Waals surface area (Å²) in [5.41, 5.74) is 1.09. The number of para-hydroxylation sites is 1. The molecule has 1 rings (SSSR count). The zero-order valence-corrected chi connectivity index (χ0v) is 13.2. The van der Waals surface area contributed by atoms with Crippen LogP contribution in [0.1, 0.15) is 57.4 Å². The van der Waals surface area contributed by atoms with Crippen molar-refractivity contribution in [2.24, 2.45) is 0 Å². The molecule has 0 radical (unpaired) electrons. The van der Waals surface area contributed by atoms with Crippen molar-refractivity contribution in [3.8, 4) is 18.3 Å². The van der Waals surface area contributed by atoms with E-state index in [4.69, 9.17) is 20.7 Å². The van der Waals surface area contributed by atoms with E-state index in [1.54, 1.807) is 6.07 Å². The topological polar surface area (TPSA) is 108 Å². The Morgan fingerprint density at radius 2 is 1.32 bits per heavy atom. The van der Waals surface area contributed by atoms with Gasteiger partial charge in [-0.15, -0.1) is 0 Å². The van der Waals surface area contributed by atoms with Crippen LogP contribution in [0.15, 0.2) is 24.3 Å². The Labute approximate surface area is 133 Å². The largest absolute Gasteiger partial charge is 0.508 e. The van der Waals surface area contributed by atoms with Gasteiger partial charge in [-0.25, -0.2) is 0 Å². The van der Waals surface area contributed by atoms with Gasteiger partial charge in [0.05, 0.1) is 0 Å². The third-order valence-corrected chi connectivity index (χ3v) is 3.04. The Morgan fingerprint density at radius 1 is 0.864 bits per heavy atom. The summed E-state index contributed by atoms with van der Waals surface area (Å²) in [6, 6.07) is 7.67. The molecule has 0 spiro atoms. The van der Waals surface area contributed by atoms with Crippen LogP contribution in [-0.2, 0) is 6.42 Å². The number of nitriles is 2. The highest BCUT2D eigenvalue weighted by atomic mass is 16.3. The zero-order chi connectivity index (χ0) is 17.1. The third-order valence-electron chi connectivity index (χ3n) is 3.04. The second-order valence-corrected chi connectivity index (χ2v) is 4.70. The van der Waals surface area contributed by atoms with E-state index in [-0.39, 0.29) is 0 Å². The van der Waals surface area contributed by atoms with Crippen LogP contribution in [0.5, 0.6) is 5.75 Å². The summed E-state index contributed by atoms with van der Waals surface area (Å²) >= 11 is 0. The van der Waals surface area contributed by atoms with Gasteiger partial charge in [-0.3, -0.25) is 0 Å². The molecule has 0 aliphatic rings. The van der Waals surface area contributed by atoms with Gasteiger partial charge in [-0.05, 0) is 24.5 Å². The first kappa shape index (κ1) is 21.9. The highest BCUT2D eigenvalue weighted by Crippen LogP contribution is 2.18. The molecular weight excluding hydrogens is 280 g/mol. The van der Waals surface area contributed by atoms with E-state index in [9.17, 15) is 5.11 Å². The van der Waals surface area contributed by atoms with E-state index in [1.807, 2.05) is 18.2 Å². The predicted octanol–water partition coefficient (Wildman–Crippen LogP) is 4.37. The summed E-state index contributed by atoms with van der Waals surface area (Å²) in [4.78, 5) is 0. The van der Waals surface area contributed by atoms with Crippen molar-refractivity contribution < 1.29 is 15.3 Å². The summed E-state index contributed by atoms with van der Waals surface area (Å²) in [5.74, 6) is 0.452. The molecule has 0 heterocycles. The van der Waals surface area contributed by atoms with Crippen LogP contribution in [-0.4, -0.2) is 15.3 Å². The van der Waals surface area contributed by atoms with E-state index in [0.717, 1.165) is 24.5 Å². The summed E-state index contributed by atoms with van der Waals surface area (Å²) in [5, 5.41) is 37.1. The molecule has 122 valence electrons. The Balaban J connectivity index is 0. The maximum absolute atomic E-state index is 9.58. The van der Waals surface area contributed by atoms with E-state index in [0.29, 0.717) is 5.75 Å². The van der Waals surface area contributed by atoms with Crippen LogP contribution < -0.4 is 0 Å². The molecule has 0 fully saturated rings. The van der Waals surface area contributed by atoms with E-state index in [2.05, 4.69) is 6.92 Å². The number of nitrogens with zero attached hydrogens (tertiary/aromatic N) is 2. The number of phenols is 1. The van der Waals surface area contributed by atoms with Crippen LogP contribution in [0, 0.1) is 23.0 Å². The number of hydrogen-bond donors (Lipinski definition) is 3. The van der Waals surface area contributed by atoms with E-state index < -0.39 is 0 Å². The lowest BCUT2D eigenvalue weighted by Gasteiger charge is -2.04. The molecule has 0 saturated heterocycles. The van der Waals surface area contributed by atoms with Crippen LogP contribution in [0.4, 0.5) is 0 Å². The van der Waals surface area contributed by atoms with Crippen LogP contribution >= 0.6 is 0 Å². The Bertz CT molecular complexity index is 424. The van der Waals surface area contributed by atoms with Gasteiger partial charge < -0.3 is 15.3 Å². The number of aliphatic hydroxyl groups excluding tert-OH is 2. The number of phenolic OH excluding ortho intramolecular Hbond substituents is 1. The number of aliphatic hydroxyl groups is 2. The summed E-state index contributed by atoms with van der Waals surface area (Å²) < 4.78 is 0. The summed E-state index contributed by atoms with van der Waals surface area (Å²) in [7, 11) is 0. The molecule has 0 bridgehead atoms. The van der Waals surface area contributed by atoms with Crippen molar-refractivity contribution >= 4 is 0 Å². The zero-order valence-electron chi connectivity index (χ0n) is 13.2. The number of aromatic hydroxyl groups is 1. The number of benzene rings is 1. The van der Waals surface area contributed by atoms with Crippen molar-refractivity contribution in [3.05, 3.63) is 29.8 Å². The van der Waals surface area contributed by atoms with Crippen molar-refractivity contribution in [2.45, 2.75) is 58.3 Å². The van der Waals surface area contributed by atoms with Gasteiger partial charge in [-0.2, -0.15) is 10.5 Å². The van der Waals surface area contributed by atoms with Gasteiger partial charge in [0, 0.05) is 0 Å². The minimum Gasteiger partial charge on any atom is -0.508 e. The van der Waals surface area contributed by atoms with Crippen molar-refractivity contribution in [1.82, 2.24) is 0 Å². The van der Waals surface area contributed by atoms with Gasteiger partial charge in [-0.1, -0.05) is 63.6 Å². The fraction of sp³-hybridized carbons (Fsp3) is 0.529. The first-order valence-electron chi connectivity index (χ1n) is 7.51. The van der Waals surface area contributed by atoms with Crippen LogP contribution in [0.25, 0.3) is 0 Å². The number of rotatable bonds is 8. The molecule has 0 aliphatic carbocycles. The number of hydrogen-bond acceptors (Lipinski definition) is 5. The third kappa shape index (κ3) is 15.7. The standard InChI is InChI=1S/C15H24O.2CHNO/c1-2-3-4-5-6-7-8-11-14-12-9-10-13-15(14)16;2*2-1-3/h9-10,12-13,16H,2-8,11H2,1H3;2*3H. The fourth-order valence-electron chi connectivity index (χ4n) is 1.99. The SMILES string of the molecule is CCCCCCCCCc1ccccc1O.N#CO.N#CO. The van der Waals surface area contributed by atoms with Gasteiger partial charge >= 0.3 is 0 Å². The minimum absolute atomic E-state index is 0.452. The van der Waals surface area contributed by atoms with Gasteiger partial charge in [0.1, 0.15) is 5.75 Å². The molecule has 1 aromatic carbocycles. The van der Waals surface area contributed by atoms with Crippen molar-refractivity contribution in [3.63, 3.8) is 0 Å². The molecule has 0 unspecified atom stereocenters. The average molecular weight is 306 g/mol. The lowest BCUT2D eigenvalue weighted by Crippen LogP contribution is -1.87. The molecular formula is C17H26N2O3. The second kappa shape index (κ2) is 18.6. The minimum atomic E-state index is 0.452. The van der Waals surface area contributed by atoms with Crippen molar-refractivity contribution in [1.29, 1.82) is 10.5 Å². The summed E-state index contributed by atoms with van der Waals surface area (Å²) in [6.07, 6.45) is 11.8. The number of unbranched alkanes of at least 4 members (excludes halogenated alkanes) is 6. The Hall–Kier alpha value is -2.40. The highest BCUT2D eigenvalue weighted by Gasteiger charge is 1.98. The quantitative estimate of drug-likeness (QED) is 0.488. The second-order valence-electron chi connectivity index (χ2n) is 4.70. The highest BCUT2D eigenvalue weighted by molar-refractivity contribution is 5.31. The molecule has 3 N–H and O–H groups in total. The fourth-order valence-corrected chi connectivity index (χ4v) is 1.99. The average Bonchev–Trinajstić information content (AvgIpc) is 2.50. The van der Waals surface area contributed by atoms with Crippen LogP contribution in [0.2, 0.25) is 0 Å². The Kier molecular flexibility index (Phi) is 18.5. The summed E-state index contributed by atoms with van der Waals surface area (Å²) in [6.45, 7) is 2.25. The molecule has 22 heavy (non-hydrogen) atoms. The molecule has 0 saturated carbocycles. The molecule has 0 aromatic heterocycles. The Morgan fingerprint density at radius 3 is 1.82 bits per heavy atom. The first-order chi connectivity index (χ1) is 10.7. The normalized spacial score (nSPS) is 8.32. The smallest absolute Gasteiger partial charge is 0.283 e. The van der Waals surface area contributed by atoms with Gasteiger partial charge in [0.25, 0.3) is 12.5 Å². The van der Waals surface area contributed by atoms with E-state index >= 15 is 0 Å². The van der Waals surface area contributed by atoms with Crippen LogP contribution in [0.3, 0.4) is 0 Å².